The lowest BCUT2D eigenvalue weighted by Gasteiger charge is -2.29. The van der Waals surface area contributed by atoms with Crippen molar-refractivity contribution in [2.45, 2.75) is 12.1 Å². The monoisotopic (exact) mass is 454 g/mol. The van der Waals surface area contributed by atoms with E-state index in [0.29, 0.717) is 10.7 Å². The summed E-state index contributed by atoms with van der Waals surface area (Å²) in [6.07, 6.45) is 3.78. The molecule has 5 rings (SSSR count). The number of aromatic nitrogens is 2. The Morgan fingerprint density at radius 1 is 0.970 bits per heavy atom. The van der Waals surface area contributed by atoms with Crippen LogP contribution in [0.15, 0.2) is 97.3 Å². The summed E-state index contributed by atoms with van der Waals surface area (Å²) >= 11 is 5.80. The second kappa shape index (κ2) is 8.88. The number of ether oxygens (including phenoxy) is 1. The number of esters is 1. The van der Waals surface area contributed by atoms with Crippen LogP contribution in [0.4, 0.5) is 5.69 Å². The Bertz CT molecular complexity index is 1290. The fraction of sp³-hybridized carbons (Fsp3) is 0.115. The number of benzene rings is 2. The first kappa shape index (κ1) is 20.9. The van der Waals surface area contributed by atoms with Crippen LogP contribution in [0.25, 0.3) is 5.69 Å². The molecule has 0 spiro atoms. The van der Waals surface area contributed by atoms with Crippen LogP contribution in [-0.2, 0) is 4.74 Å². The molecule has 1 aliphatic rings. The summed E-state index contributed by atoms with van der Waals surface area (Å²) in [5, 5.41) is 4.12. The van der Waals surface area contributed by atoms with Crippen LogP contribution in [0.2, 0.25) is 0 Å². The van der Waals surface area contributed by atoms with Gasteiger partial charge in [-0.2, -0.15) is 0 Å². The molecule has 1 N–H and O–H groups in total. The van der Waals surface area contributed by atoms with E-state index in [4.69, 9.17) is 17.0 Å². The molecule has 33 heavy (non-hydrogen) atoms. The van der Waals surface area contributed by atoms with Crippen molar-refractivity contribution < 1.29 is 9.53 Å². The van der Waals surface area contributed by atoms with Gasteiger partial charge >= 0.3 is 5.97 Å². The highest BCUT2D eigenvalue weighted by Gasteiger charge is 2.42. The minimum absolute atomic E-state index is 0.156. The van der Waals surface area contributed by atoms with E-state index in [2.05, 4.69) is 25.8 Å². The van der Waals surface area contributed by atoms with Crippen LogP contribution in [0.1, 0.15) is 33.8 Å². The molecule has 0 aliphatic carbocycles. The van der Waals surface area contributed by atoms with Gasteiger partial charge in [-0.15, -0.1) is 0 Å². The number of hydrogen-bond acceptors (Lipinski definition) is 4. The van der Waals surface area contributed by atoms with E-state index in [1.807, 2.05) is 79.0 Å². The maximum absolute atomic E-state index is 12.1. The molecule has 4 aromatic rings. The molecule has 0 saturated carbocycles. The summed E-state index contributed by atoms with van der Waals surface area (Å²) in [5.41, 5.74) is 4.28. The molecule has 1 saturated heterocycles. The van der Waals surface area contributed by atoms with Crippen molar-refractivity contribution in [1.82, 2.24) is 14.9 Å². The predicted octanol–water partition coefficient (Wildman–Crippen LogP) is 4.84. The molecule has 1 fully saturated rings. The maximum atomic E-state index is 12.1. The molecule has 7 heteroatoms. The van der Waals surface area contributed by atoms with E-state index in [0.717, 1.165) is 22.8 Å². The van der Waals surface area contributed by atoms with Crippen LogP contribution < -0.4 is 10.2 Å². The van der Waals surface area contributed by atoms with Crippen molar-refractivity contribution in [3.63, 3.8) is 0 Å². The normalized spacial score (nSPS) is 17.6. The number of anilines is 1. The van der Waals surface area contributed by atoms with E-state index in [1.54, 1.807) is 12.3 Å². The zero-order chi connectivity index (χ0) is 22.8. The molecule has 2 atom stereocenters. The lowest BCUT2D eigenvalue weighted by Crippen LogP contribution is -2.30. The van der Waals surface area contributed by atoms with Gasteiger partial charge in [-0.25, -0.2) is 4.79 Å². The van der Waals surface area contributed by atoms with Gasteiger partial charge in [0.25, 0.3) is 0 Å². The van der Waals surface area contributed by atoms with E-state index in [1.165, 1.54) is 7.11 Å². The largest absolute Gasteiger partial charge is 0.465 e. The molecular formula is C26H22N4O2S. The minimum atomic E-state index is -0.369. The first-order valence-corrected chi connectivity index (χ1v) is 11.0. The third kappa shape index (κ3) is 3.87. The Labute approximate surface area is 197 Å². The SMILES string of the molecule is COC(=O)c1cccc(-n2cccc2[C@@H]2[C@@H](c3ccccn3)NC(=S)N2c2ccccc2)c1. The van der Waals surface area contributed by atoms with Crippen molar-refractivity contribution in [3.05, 3.63) is 114 Å². The number of pyridine rings is 1. The summed E-state index contributed by atoms with van der Waals surface area (Å²) in [6, 6.07) is 27.2. The fourth-order valence-electron chi connectivity index (χ4n) is 4.29. The lowest BCUT2D eigenvalue weighted by molar-refractivity contribution is 0.0600. The Morgan fingerprint density at radius 2 is 1.76 bits per heavy atom. The van der Waals surface area contributed by atoms with Crippen molar-refractivity contribution in [1.29, 1.82) is 0 Å². The number of carbonyl (C=O) groups excluding carboxylic acids is 1. The number of para-hydroxylation sites is 1. The Morgan fingerprint density at radius 3 is 2.52 bits per heavy atom. The van der Waals surface area contributed by atoms with Crippen molar-refractivity contribution in [2.75, 3.05) is 12.0 Å². The molecule has 0 amide bonds. The fourth-order valence-corrected chi connectivity index (χ4v) is 4.64. The summed E-state index contributed by atoms with van der Waals surface area (Å²) in [5.74, 6) is -0.369. The zero-order valence-electron chi connectivity index (χ0n) is 18.0. The molecule has 164 valence electrons. The summed E-state index contributed by atoms with van der Waals surface area (Å²) in [7, 11) is 1.39. The van der Waals surface area contributed by atoms with E-state index < -0.39 is 0 Å². The number of rotatable bonds is 5. The van der Waals surface area contributed by atoms with Gasteiger partial charge in [0, 0.05) is 29.5 Å². The lowest BCUT2D eigenvalue weighted by atomic mass is 10.0. The molecule has 2 aromatic heterocycles. The number of nitrogens with one attached hydrogen (secondary N) is 1. The van der Waals surface area contributed by atoms with Crippen LogP contribution >= 0.6 is 12.2 Å². The van der Waals surface area contributed by atoms with Gasteiger partial charge in [0.1, 0.15) is 6.04 Å². The highest BCUT2D eigenvalue weighted by molar-refractivity contribution is 7.80. The van der Waals surface area contributed by atoms with Gasteiger partial charge in [-0.05, 0) is 66.8 Å². The van der Waals surface area contributed by atoms with Gasteiger partial charge in [-0.1, -0.05) is 30.3 Å². The Hall–Kier alpha value is -3.97. The quantitative estimate of drug-likeness (QED) is 0.344. The van der Waals surface area contributed by atoms with Gasteiger partial charge in [0.15, 0.2) is 5.11 Å². The third-order valence-electron chi connectivity index (χ3n) is 5.76. The van der Waals surface area contributed by atoms with Crippen molar-refractivity contribution in [2.24, 2.45) is 0 Å². The number of methoxy groups -OCH3 is 1. The maximum Gasteiger partial charge on any atom is 0.337 e. The zero-order valence-corrected chi connectivity index (χ0v) is 18.8. The van der Waals surface area contributed by atoms with Crippen LogP contribution in [0, 0.1) is 0 Å². The average molecular weight is 455 g/mol. The topological polar surface area (TPSA) is 59.4 Å². The summed E-state index contributed by atoms with van der Waals surface area (Å²) < 4.78 is 6.99. The van der Waals surface area contributed by atoms with Crippen LogP contribution in [-0.4, -0.2) is 27.7 Å². The van der Waals surface area contributed by atoms with Crippen LogP contribution in [0.3, 0.4) is 0 Å². The average Bonchev–Trinajstić information content (AvgIpc) is 3.49. The molecule has 0 unspecified atom stereocenters. The molecule has 2 aromatic carbocycles. The summed E-state index contributed by atoms with van der Waals surface area (Å²) in [4.78, 5) is 18.9. The van der Waals surface area contributed by atoms with E-state index in [9.17, 15) is 4.79 Å². The van der Waals surface area contributed by atoms with E-state index >= 15 is 0 Å². The smallest absolute Gasteiger partial charge is 0.337 e. The first-order chi connectivity index (χ1) is 16.2. The van der Waals surface area contributed by atoms with Crippen LogP contribution in [0.5, 0.6) is 0 Å². The van der Waals surface area contributed by atoms with E-state index in [-0.39, 0.29) is 18.1 Å². The predicted molar refractivity (Wildman–Crippen MR) is 131 cm³/mol. The Balaban J connectivity index is 1.65. The van der Waals surface area contributed by atoms with Gasteiger partial charge in [-0.3, -0.25) is 4.98 Å². The van der Waals surface area contributed by atoms with Gasteiger partial charge < -0.3 is 19.5 Å². The molecule has 3 heterocycles. The van der Waals surface area contributed by atoms with Gasteiger partial charge in [0.2, 0.25) is 0 Å². The highest BCUT2D eigenvalue weighted by Crippen LogP contribution is 2.42. The molecule has 1 aliphatic heterocycles. The van der Waals surface area contributed by atoms with Crippen molar-refractivity contribution in [3.8, 4) is 5.69 Å². The Kier molecular flexibility index (Phi) is 5.62. The molecular weight excluding hydrogens is 432 g/mol. The highest BCUT2D eigenvalue weighted by atomic mass is 32.1. The number of carbonyl (C=O) groups is 1. The molecule has 0 bridgehead atoms. The van der Waals surface area contributed by atoms with Gasteiger partial charge in [0.05, 0.1) is 24.4 Å². The molecule has 0 radical (unpaired) electrons. The standard InChI is InChI=1S/C26H22N4O2S/c1-32-25(31)18-9-7-12-20(17-18)29-16-8-14-22(29)24-23(21-13-5-6-15-27-21)28-26(33)30(24)19-10-3-2-4-11-19/h2-17,23-24H,1H3,(H,28,33)/t23-,24-/m1/s1. The second-order valence-electron chi connectivity index (χ2n) is 7.68. The first-order valence-electron chi connectivity index (χ1n) is 10.6. The second-order valence-corrected chi connectivity index (χ2v) is 8.06. The third-order valence-corrected chi connectivity index (χ3v) is 6.08. The number of nitrogens with zero attached hydrogens (tertiary/aromatic N) is 3. The minimum Gasteiger partial charge on any atom is -0.465 e. The number of hydrogen-bond donors (Lipinski definition) is 1. The number of thiocarbonyl (C=S) groups is 1. The summed E-state index contributed by atoms with van der Waals surface area (Å²) in [6.45, 7) is 0. The van der Waals surface area contributed by atoms with Crippen molar-refractivity contribution >= 4 is 29.0 Å². The molecule has 6 nitrogen and oxygen atoms in total.